The Balaban J connectivity index is 2.78. The summed E-state index contributed by atoms with van der Waals surface area (Å²) in [5.41, 5.74) is 0. The number of aliphatic hydroxyl groups is 5. The van der Waals surface area contributed by atoms with Crippen molar-refractivity contribution >= 4 is 11.9 Å². The molecule has 0 spiro atoms. The van der Waals surface area contributed by atoms with Crippen molar-refractivity contribution < 1.29 is 49.3 Å². The molecule has 0 bridgehead atoms. The molecule has 0 saturated carbocycles. The van der Waals surface area contributed by atoms with Crippen LogP contribution in [0.15, 0.2) is 36.5 Å². The molecule has 8 unspecified atom stereocenters. The maximum atomic E-state index is 13.3. The van der Waals surface area contributed by atoms with Crippen LogP contribution in [0.3, 0.4) is 0 Å². The zero-order valence-corrected chi connectivity index (χ0v) is 43.0. The van der Waals surface area contributed by atoms with Crippen molar-refractivity contribution in [1.29, 1.82) is 0 Å². The van der Waals surface area contributed by atoms with Gasteiger partial charge >= 0.3 is 5.97 Å². The number of aliphatic hydroxyl groups excluding tert-OH is 5. The molecule has 0 aromatic carbocycles. The Morgan fingerprint density at radius 3 is 1.45 bits per heavy atom. The molecule has 0 aromatic rings. The molecular formula is C56H103NO10. The second-order valence-corrected chi connectivity index (χ2v) is 19.3. The van der Waals surface area contributed by atoms with Gasteiger partial charge in [-0.05, 0) is 77.0 Å². The number of nitrogens with one attached hydrogen (secondary N) is 1. The van der Waals surface area contributed by atoms with Crippen LogP contribution in [0.5, 0.6) is 0 Å². The molecule has 1 rings (SSSR count). The Morgan fingerprint density at radius 2 is 0.985 bits per heavy atom. The molecular weight excluding hydrogens is 847 g/mol. The van der Waals surface area contributed by atoms with Gasteiger partial charge in [-0.2, -0.15) is 0 Å². The first kappa shape index (κ1) is 62.9. The summed E-state index contributed by atoms with van der Waals surface area (Å²) in [6.45, 7) is 5.73. The molecule has 1 amide bonds. The lowest BCUT2D eigenvalue weighted by atomic mass is 9.99. The zero-order chi connectivity index (χ0) is 49.0. The standard InChI is InChI=1S/C56H103NO10/c1-4-7-10-13-16-19-22-25-26-29-32-35-38-41-44-51(61)67-54-53(63)52(62)50(45-58)66-56(54)65-46-47(48(59)42-39-36-33-30-27-23-20-17-14-11-8-5-2)57-55(64)49(60)43-40-37-34-31-28-24-21-18-15-12-9-6-3/h26,28-29,31,39,42,47-50,52-54,56,58-60,62-63H,4-25,27,30,32-38,40-41,43-46H2,1-3H3,(H,57,64)/b29-26-,31-28-,42-39+. The van der Waals surface area contributed by atoms with Crippen molar-refractivity contribution in [3.05, 3.63) is 36.5 Å². The minimum absolute atomic E-state index is 0.103. The van der Waals surface area contributed by atoms with E-state index < -0.39 is 67.4 Å². The van der Waals surface area contributed by atoms with E-state index >= 15 is 0 Å². The number of hydrogen-bond acceptors (Lipinski definition) is 10. The molecule has 0 radical (unpaired) electrons. The van der Waals surface area contributed by atoms with Gasteiger partial charge in [0.25, 0.3) is 0 Å². The number of rotatable bonds is 46. The zero-order valence-electron chi connectivity index (χ0n) is 43.0. The van der Waals surface area contributed by atoms with Gasteiger partial charge in [0.15, 0.2) is 12.4 Å². The Hall–Kier alpha value is -2.12. The van der Waals surface area contributed by atoms with Gasteiger partial charge in [-0.3, -0.25) is 9.59 Å². The van der Waals surface area contributed by atoms with Crippen molar-refractivity contribution in [2.24, 2.45) is 0 Å². The van der Waals surface area contributed by atoms with Crippen molar-refractivity contribution in [1.82, 2.24) is 5.32 Å². The lowest BCUT2D eigenvalue weighted by Gasteiger charge is -2.41. The topological polar surface area (TPSA) is 175 Å². The third-order valence-corrected chi connectivity index (χ3v) is 13.0. The number of esters is 1. The van der Waals surface area contributed by atoms with Crippen molar-refractivity contribution in [2.75, 3.05) is 13.2 Å². The first-order valence-electron chi connectivity index (χ1n) is 27.8. The fraction of sp³-hybridized carbons (Fsp3) is 0.857. The summed E-state index contributed by atoms with van der Waals surface area (Å²) in [7, 11) is 0. The van der Waals surface area contributed by atoms with E-state index in [1.165, 1.54) is 135 Å². The van der Waals surface area contributed by atoms with Crippen LogP contribution in [0.25, 0.3) is 0 Å². The fourth-order valence-electron chi connectivity index (χ4n) is 8.52. The normalized spacial score (nSPS) is 20.3. The highest BCUT2D eigenvalue weighted by molar-refractivity contribution is 5.80. The minimum atomic E-state index is -1.62. The lowest BCUT2D eigenvalue weighted by molar-refractivity contribution is -0.305. The molecule has 1 aliphatic heterocycles. The average Bonchev–Trinajstić information content (AvgIpc) is 3.32. The van der Waals surface area contributed by atoms with E-state index in [4.69, 9.17) is 14.2 Å². The smallest absolute Gasteiger partial charge is 0.306 e. The fourth-order valence-corrected chi connectivity index (χ4v) is 8.52. The van der Waals surface area contributed by atoms with Gasteiger partial charge in [-0.25, -0.2) is 0 Å². The highest BCUT2D eigenvalue weighted by Gasteiger charge is 2.47. The second kappa shape index (κ2) is 45.0. The van der Waals surface area contributed by atoms with E-state index in [1.54, 1.807) is 6.08 Å². The van der Waals surface area contributed by atoms with Gasteiger partial charge < -0.3 is 45.1 Å². The van der Waals surface area contributed by atoms with E-state index in [9.17, 15) is 35.1 Å². The van der Waals surface area contributed by atoms with Crippen LogP contribution in [0.4, 0.5) is 0 Å². The van der Waals surface area contributed by atoms with Crippen LogP contribution >= 0.6 is 0 Å². The van der Waals surface area contributed by atoms with Crippen LogP contribution in [-0.2, 0) is 23.8 Å². The predicted octanol–water partition coefficient (Wildman–Crippen LogP) is 11.9. The van der Waals surface area contributed by atoms with Gasteiger partial charge in [0.1, 0.15) is 24.4 Å². The highest BCUT2D eigenvalue weighted by Crippen LogP contribution is 2.26. The summed E-state index contributed by atoms with van der Waals surface area (Å²) in [5.74, 6) is -1.23. The van der Waals surface area contributed by atoms with Gasteiger partial charge in [0.2, 0.25) is 5.91 Å². The summed E-state index contributed by atoms with van der Waals surface area (Å²) in [6, 6.07) is -1.03. The molecule has 67 heavy (non-hydrogen) atoms. The Bertz CT molecular complexity index is 1230. The Kier molecular flexibility index (Phi) is 42.3. The first-order valence-corrected chi connectivity index (χ1v) is 27.8. The molecule has 11 heteroatoms. The van der Waals surface area contributed by atoms with E-state index in [2.05, 4.69) is 50.4 Å². The average molecular weight is 950 g/mol. The summed E-state index contributed by atoms with van der Waals surface area (Å²) >= 11 is 0. The van der Waals surface area contributed by atoms with Crippen molar-refractivity contribution in [3.8, 4) is 0 Å². The largest absolute Gasteiger partial charge is 0.454 e. The predicted molar refractivity (Wildman–Crippen MR) is 274 cm³/mol. The molecule has 1 fully saturated rings. The van der Waals surface area contributed by atoms with Crippen LogP contribution in [0.2, 0.25) is 0 Å². The molecule has 8 atom stereocenters. The summed E-state index contributed by atoms with van der Waals surface area (Å²) in [5, 5.41) is 56.6. The first-order chi connectivity index (χ1) is 32.7. The number of carbonyl (C=O) groups excluding carboxylic acids is 2. The number of amides is 1. The Morgan fingerprint density at radius 1 is 0.567 bits per heavy atom. The molecule has 392 valence electrons. The van der Waals surface area contributed by atoms with Gasteiger partial charge in [-0.15, -0.1) is 0 Å². The number of allylic oxidation sites excluding steroid dienone is 5. The summed E-state index contributed by atoms with van der Waals surface area (Å²) in [4.78, 5) is 26.4. The molecule has 6 N–H and O–H groups in total. The molecule has 11 nitrogen and oxygen atoms in total. The van der Waals surface area contributed by atoms with Crippen LogP contribution < -0.4 is 5.32 Å². The van der Waals surface area contributed by atoms with Gasteiger partial charge in [0, 0.05) is 6.42 Å². The van der Waals surface area contributed by atoms with E-state index in [1.807, 2.05) is 6.08 Å². The number of unbranched alkanes of at least 4 members (excludes halogenated alkanes) is 28. The van der Waals surface area contributed by atoms with Gasteiger partial charge in [-0.1, -0.05) is 198 Å². The second-order valence-electron chi connectivity index (χ2n) is 19.3. The third-order valence-electron chi connectivity index (χ3n) is 13.0. The number of ether oxygens (including phenoxy) is 3. The van der Waals surface area contributed by atoms with E-state index in [0.717, 1.165) is 64.2 Å². The van der Waals surface area contributed by atoms with Crippen LogP contribution in [-0.4, -0.2) is 99.6 Å². The van der Waals surface area contributed by atoms with E-state index in [-0.39, 0.29) is 19.4 Å². The van der Waals surface area contributed by atoms with Crippen LogP contribution in [0, 0.1) is 0 Å². The van der Waals surface area contributed by atoms with Crippen molar-refractivity contribution in [2.45, 2.75) is 294 Å². The quantitative estimate of drug-likeness (QED) is 0.0196. The van der Waals surface area contributed by atoms with Gasteiger partial charge in [0.05, 0.1) is 25.4 Å². The Labute approximate surface area is 409 Å². The third kappa shape index (κ3) is 34.0. The number of carbonyl (C=O) groups is 2. The summed E-state index contributed by atoms with van der Waals surface area (Å²) in [6.07, 6.45) is 40.5. The minimum Gasteiger partial charge on any atom is -0.454 e. The monoisotopic (exact) mass is 950 g/mol. The maximum absolute atomic E-state index is 13.3. The molecule has 1 saturated heterocycles. The molecule has 1 aliphatic rings. The number of hydrogen-bond donors (Lipinski definition) is 6. The molecule has 0 aliphatic carbocycles. The SMILES string of the molecule is CCCCCCCC/C=C\CCCCC(O)C(=O)NC(COC1OC(CO)C(O)C(O)C1OC(=O)CCCCC/C=C\CCCCCCCCC)C(O)/C=C/CCCCCCCCCCCC. The highest BCUT2D eigenvalue weighted by atomic mass is 16.7. The maximum Gasteiger partial charge on any atom is 0.306 e. The van der Waals surface area contributed by atoms with E-state index in [0.29, 0.717) is 12.8 Å². The molecule has 0 aromatic heterocycles. The lowest BCUT2D eigenvalue weighted by Crippen LogP contribution is -2.61. The van der Waals surface area contributed by atoms with Crippen LogP contribution in [0.1, 0.15) is 245 Å². The molecule has 1 heterocycles. The van der Waals surface area contributed by atoms with Crippen molar-refractivity contribution in [3.63, 3.8) is 0 Å². The summed E-state index contributed by atoms with van der Waals surface area (Å²) < 4.78 is 17.5.